The Labute approximate surface area is 112 Å². The van der Waals surface area contributed by atoms with E-state index in [0.29, 0.717) is 12.2 Å². The molecular weight excluding hydrogens is 246 g/mol. The third-order valence-electron chi connectivity index (χ3n) is 2.35. The van der Waals surface area contributed by atoms with Gasteiger partial charge in [0.15, 0.2) is 0 Å². The van der Waals surface area contributed by atoms with Crippen molar-refractivity contribution in [2.24, 2.45) is 0 Å². The number of aliphatic carboxylic acids is 1. The Morgan fingerprint density at radius 2 is 2.00 bits per heavy atom. The topological polar surface area (TPSA) is 86.2 Å². The van der Waals surface area contributed by atoms with Crippen LogP contribution in [0.15, 0.2) is 36.1 Å². The average molecular weight is 265 g/mol. The number of carboxylic acid groups (broad SMARTS) is 1. The van der Waals surface area contributed by atoms with Gasteiger partial charge in [-0.2, -0.15) is 0 Å². The summed E-state index contributed by atoms with van der Waals surface area (Å²) in [6, 6.07) is 6.40. The number of hydrogen-bond donors (Lipinski definition) is 1. The molecule has 1 aromatic carbocycles. The lowest BCUT2D eigenvalue weighted by Crippen LogP contribution is -2.69. The first kappa shape index (κ1) is 15.0. The van der Waals surface area contributed by atoms with Gasteiger partial charge in [-0.25, -0.2) is 0 Å². The van der Waals surface area contributed by atoms with Crippen molar-refractivity contribution in [3.63, 3.8) is 0 Å². The Morgan fingerprint density at radius 3 is 2.53 bits per heavy atom. The predicted molar refractivity (Wildman–Crippen MR) is 67.8 cm³/mol. The highest BCUT2D eigenvalue weighted by molar-refractivity contribution is 5.69. The van der Waals surface area contributed by atoms with Gasteiger partial charge in [-0.3, -0.25) is 0 Å². The first-order chi connectivity index (χ1) is 8.99. The smallest absolute Gasteiger partial charge is 0.229 e. The van der Waals surface area contributed by atoms with Crippen LogP contribution in [-0.2, 0) is 16.0 Å². The molecule has 0 spiro atoms. The van der Waals surface area contributed by atoms with Crippen LogP contribution in [0, 0.1) is 0 Å². The van der Waals surface area contributed by atoms with Crippen molar-refractivity contribution in [3.8, 4) is 5.75 Å². The predicted octanol–water partition coefficient (Wildman–Crippen LogP) is -0.134. The third-order valence-corrected chi connectivity index (χ3v) is 2.35. The van der Waals surface area contributed by atoms with Gasteiger partial charge in [0.1, 0.15) is 11.8 Å². The van der Waals surface area contributed by atoms with Gasteiger partial charge in [0.25, 0.3) is 0 Å². The molecule has 0 heterocycles. The van der Waals surface area contributed by atoms with Crippen LogP contribution >= 0.6 is 0 Å². The van der Waals surface area contributed by atoms with Crippen LogP contribution in [0.25, 0.3) is 0 Å². The van der Waals surface area contributed by atoms with Gasteiger partial charge in [0, 0.05) is 6.42 Å². The highest BCUT2D eigenvalue weighted by Crippen LogP contribution is 2.13. The standard InChI is InChI=1S/C14H19NO4/c1-10(2)8-18-9-19-12-5-3-11(4-6-12)7-13(15)14(16)17/h3-6,8,13H,7,9,15H2,1-2H3,(H,16,17)/t13-/m0/s1. The molecule has 1 aromatic rings. The van der Waals surface area contributed by atoms with E-state index in [0.717, 1.165) is 11.1 Å². The van der Waals surface area contributed by atoms with Crippen LogP contribution in [0.1, 0.15) is 19.4 Å². The van der Waals surface area contributed by atoms with Crippen molar-refractivity contribution in [1.29, 1.82) is 0 Å². The fourth-order valence-electron chi connectivity index (χ4n) is 1.39. The molecule has 0 radical (unpaired) electrons. The molecule has 0 amide bonds. The summed E-state index contributed by atoms with van der Waals surface area (Å²) in [6.07, 6.45) is 1.97. The zero-order valence-electron chi connectivity index (χ0n) is 11.2. The number of quaternary nitrogens is 1. The minimum Gasteiger partial charge on any atom is -0.544 e. The zero-order valence-corrected chi connectivity index (χ0v) is 11.2. The van der Waals surface area contributed by atoms with E-state index >= 15 is 0 Å². The minimum absolute atomic E-state index is 0.140. The van der Waals surface area contributed by atoms with Crippen molar-refractivity contribution < 1.29 is 25.1 Å². The van der Waals surface area contributed by atoms with Gasteiger partial charge < -0.3 is 25.1 Å². The van der Waals surface area contributed by atoms with Gasteiger partial charge in [0.05, 0.1) is 12.2 Å². The molecular formula is C14H19NO4. The number of hydrogen-bond acceptors (Lipinski definition) is 4. The van der Waals surface area contributed by atoms with E-state index in [1.165, 1.54) is 0 Å². The van der Waals surface area contributed by atoms with Crippen LogP contribution in [0.4, 0.5) is 0 Å². The molecule has 0 aliphatic rings. The Kier molecular flexibility index (Phi) is 5.89. The Balaban J connectivity index is 2.43. The van der Waals surface area contributed by atoms with Crippen molar-refractivity contribution in [2.45, 2.75) is 26.3 Å². The SMILES string of the molecule is CC(C)=COCOc1ccc(C[C@H]([NH3+])C(=O)[O-])cc1. The summed E-state index contributed by atoms with van der Waals surface area (Å²) >= 11 is 0. The molecule has 0 fully saturated rings. The average Bonchev–Trinajstić information content (AvgIpc) is 2.36. The summed E-state index contributed by atoms with van der Waals surface area (Å²) in [6.45, 7) is 4.00. The summed E-state index contributed by atoms with van der Waals surface area (Å²) in [5.74, 6) is -0.476. The number of allylic oxidation sites excluding steroid dienone is 1. The van der Waals surface area contributed by atoms with Crippen LogP contribution in [0.2, 0.25) is 0 Å². The minimum atomic E-state index is -1.14. The van der Waals surface area contributed by atoms with Gasteiger partial charge in [-0.15, -0.1) is 0 Å². The van der Waals surface area contributed by atoms with E-state index in [2.05, 4.69) is 5.73 Å². The molecule has 0 saturated carbocycles. The molecule has 0 bridgehead atoms. The van der Waals surface area contributed by atoms with Crippen LogP contribution in [0.3, 0.4) is 0 Å². The summed E-state index contributed by atoms with van der Waals surface area (Å²) in [7, 11) is 0. The number of carbonyl (C=O) groups is 1. The molecule has 1 rings (SSSR count). The molecule has 3 N–H and O–H groups in total. The van der Waals surface area contributed by atoms with E-state index < -0.39 is 12.0 Å². The second kappa shape index (κ2) is 7.43. The number of benzene rings is 1. The number of carbonyl (C=O) groups excluding carboxylic acids is 1. The van der Waals surface area contributed by atoms with Crippen molar-refractivity contribution in [2.75, 3.05) is 6.79 Å². The van der Waals surface area contributed by atoms with Gasteiger partial charge >= 0.3 is 0 Å². The fraction of sp³-hybridized carbons (Fsp3) is 0.357. The van der Waals surface area contributed by atoms with Crippen LogP contribution < -0.4 is 15.6 Å². The fourth-order valence-corrected chi connectivity index (χ4v) is 1.39. The molecule has 0 unspecified atom stereocenters. The van der Waals surface area contributed by atoms with Crippen LogP contribution in [0.5, 0.6) is 5.75 Å². The van der Waals surface area contributed by atoms with Gasteiger partial charge in [-0.05, 0) is 37.1 Å². The van der Waals surface area contributed by atoms with Crippen molar-refractivity contribution in [1.82, 2.24) is 0 Å². The molecule has 5 nitrogen and oxygen atoms in total. The van der Waals surface area contributed by atoms with E-state index in [1.807, 2.05) is 13.8 Å². The molecule has 0 aliphatic heterocycles. The maximum Gasteiger partial charge on any atom is 0.229 e. The van der Waals surface area contributed by atoms with E-state index in [1.54, 1.807) is 30.5 Å². The number of ether oxygens (including phenoxy) is 2. The van der Waals surface area contributed by atoms with Gasteiger partial charge in [0.2, 0.25) is 6.79 Å². The number of carboxylic acids is 1. The van der Waals surface area contributed by atoms with Crippen molar-refractivity contribution in [3.05, 3.63) is 41.7 Å². The Bertz CT molecular complexity index is 435. The molecule has 1 atom stereocenters. The normalized spacial score (nSPS) is 11.5. The molecule has 0 saturated heterocycles. The maximum absolute atomic E-state index is 10.6. The lowest BCUT2D eigenvalue weighted by molar-refractivity contribution is -0.437. The summed E-state index contributed by atoms with van der Waals surface area (Å²) in [5, 5.41) is 10.6. The van der Waals surface area contributed by atoms with E-state index in [9.17, 15) is 9.90 Å². The maximum atomic E-state index is 10.6. The first-order valence-electron chi connectivity index (χ1n) is 5.99. The van der Waals surface area contributed by atoms with Gasteiger partial charge in [-0.1, -0.05) is 12.1 Å². The molecule has 5 heteroatoms. The summed E-state index contributed by atoms with van der Waals surface area (Å²) in [5.41, 5.74) is 5.45. The summed E-state index contributed by atoms with van der Waals surface area (Å²) < 4.78 is 10.5. The third kappa shape index (κ3) is 5.92. The number of rotatable bonds is 7. The zero-order chi connectivity index (χ0) is 14.3. The largest absolute Gasteiger partial charge is 0.544 e. The van der Waals surface area contributed by atoms with E-state index in [-0.39, 0.29) is 6.79 Å². The lowest BCUT2D eigenvalue weighted by Gasteiger charge is -2.10. The molecule has 104 valence electrons. The molecule has 0 aliphatic carbocycles. The van der Waals surface area contributed by atoms with Crippen LogP contribution in [-0.4, -0.2) is 18.8 Å². The van der Waals surface area contributed by atoms with E-state index in [4.69, 9.17) is 9.47 Å². The highest BCUT2D eigenvalue weighted by atomic mass is 16.7. The lowest BCUT2D eigenvalue weighted by atomic mass is 10.1. The second-order valence-electron chi connectivity index (χ2n) is 4.49. The highest BCUT2D eigenvalue weighted by Gasteiger charge is 2.08. The monoisotopic (exact) mass is 265 g/mol. The Morgan fingerprint density at radius 1 is 1.37 bits per heavy atom. The Hall–Kier alpha value is -2.01. The van der Waals surface area contributed by atoms with Crippen molar-refractivity contribution >= 4 is 5.97 Å². The first-order valence-corrected chi connectivity index (χ1v) is 5.99. The molecule has 19 heavy (non-hydrogen) atoms. The molecule has 0 aromatic heterocycles. The summed E-state index contributed by atoms with van der Waals surface area (Å²) in [4.78, 5) is 10.6. The quantitative estimate of drug-likeness (QED) is 0.422. The second-order valence-corrected chi connectivity index (χ2v) is 4.49.